The molecular formula is BMoNiV. The molecule has 0 aromatic carbocycles. The zero-order chi connectivity index (χ0) is 0. The van der Waals surface area contributed by atoms with Crippen molar-refractivity contribution in [2.24, 2.45) is 0 Å². The van der Waals surface area contributed by atoms with Gasteiger partial charge in [0.2, 0.25) is 0 Å². The van der Waals surface area contributed by atoms with E-state index in [1.807, 2.05) is 0 Å². The van der Waals surface area contributed by atoms with Gasteiger partial charge < -0.3 is 0 Å². The molecule has 24 valence electrons. The summed E-state index contributed by atoms with van der Waals surface area (Å²) in [5, 5.41) is 0. The van der Waals surface area contributed by atoms with Crippen molar-refractivity contribution in [3.8, 4) is 0 Å². The van der Waals surface area contributed by atoms with Crippen LogP contribution in [0, 0.1) is 0 Å². The summed E-state index contributed by atoms with van der Waals surface area (Å²) in [6.45, 7) is 0. The monoisotopic (exact) mass is 218 g/mol. The Labute approximate surface area is 64.1 Å². The molecule has 0 amide bonds. The third kappa shape index (κ3) is 9.16. The first kappa shape index (κ1) is 40.6. The Balaban J connectivity index is 0. The summed E-state index contributed by atoms with van der Waals surface area (Å²) >= 11 is 0. The maximum atomic E-state index is 0. The SMILES string of the molecule is [B].[Mo].[Ni].[V]. The largest absolute Gasteiger partial charge is 0 e. The molecule has 0 aromatic heterocycles. The van der Waals surface area contributed by atoms with Gasteiger partial charge in [-0.3, -0.25) is 0 Å². The van der Waals surface area contributed by atoms with Crippen LogP contribution in [0.25, 0.3) is 0 Å². The van der Waals surface area contributed by atoms with Gasteiger partial charge in [-0.15, -0.1) is 0 Å². The van der Waals surface area contributed by atoms with Crippen molar-refractivity contribution in [1.29, 1.82) is 0 Å². The molecule has 4 heavy (non-hydrogen) atoms. The topological polar surface area (TPSA) is 0 Å². The summed E-state index contributed by atoms with van der Waals surface area (Å²) in [7, 11) is 0. The third-order valence-corrected chi connectivity index (χ3v) is 0. The minimum atomic E-state index is 0. The molecule has 0 aliphatic rings. The number of hydrogen-bond donors (Lipinski definition) is 0. The van der Waals surface area contributed by atoms with Gasteiger partial charge in [0.25, 0.3) is 0 Å². The summed E-state index contributed by atoms with van der Waals surface area (Å²) in [4.78, 5) is 0. The second-order valence-electron chi connectivity index (χ2n) is 0. The standard InChI is InChI=1S/B.Mo.Ni.V. The molecule has 0 saturated heterocycles. The minimum Gasteiger partial charge on any atom is 0 e. The molecule has 0 N–H and O–H groups in total. The van der Waals surface area contributed by atoms with Gasteiger partial charge in [-0.1, -0.05) is 0 Å². The second-order valence-corrected chi connectivity index (χ2v) is 0. The Bertz CT molecular complexity index is 8.00. The average Bonchev–Trinajstić information content (AvgIpc) is 0. The van der Waals surface area contributed by atoms with Gasteiger partial charge >= 0.3 is 0 Å². The van der Waals surface area contributed by atoms with Gasteiger partial charge in [-0.25, -0.2) is 0 Å². The van der Waals surface area contributed by atoms with E-state index < -0.39 is 0 Å². The number of hydrogen-bond acceptors (Lipinski definition) is 0. The van der Waals surface area contributed by atoms with Crippen molar-refractivity contribution in [3.05, 3.63) is 0 Å². The van der Waals surface area contributed by atoms with E-state index >= 15 is 0 Å². The first-order chi connectivity index (χ1) is 0. The third-order valence-electron chi connectivity index (χ3n) is 0. The molecule has 0 aliphatic carbocycles. The van der Waals surface area contributed by atoms with Crippen molar-refractivity contribution < 1.29 is 56.1 Å². The molecule has 0 fully saturated rings. The van der Waals surface area contributed by atoms with Crippen LogP contribution < -0.4 is 0 Å². The molecule has 0 atom stereocenters. The van der Waals surface area contributed by atoms with Crippen LogP contribution in [0.4, 0.5) is 0 Å². The molecule has 0 aliphatic heterocycles. The van der Waals surface area contributed by atoms with Crippen LogP contribution in [0.15, 0.2) is 0 Å². The Hall–Kier alpha value is 1.83. The molecule has 0 saturated carbocycles. The first-order valence-electron chi connectivity index (χ1n) is 0. The Kier molecular flexibility index (Phi) is 215. The van der Waals surface area contributed by atoms with Gasteiger partial charge in [-0.05, 0) is 0 Å². The zero-order valence-electron chi connectivity index (χ0n) is 1.75. The van der Waals surface area contributed by atoms with Crippen molar-refractivity contribution in [3.63, 3.8) is 0 Å². The average molecular weight is 216 g/mol. The van der Waals surface area contributed by atoms with Crippen LogP contribution in [-0.4, -0.2) is 8.41 Å². The molecule has 0 aromatic rings. The Morgan fingerprint density at radius 3 is 1.00 bits per heavy atom. The summed E-state index contributed by atoms with van der Waals surface area (Å²) in [5.41, 5.74) is 0. The van der Waals surface area contributed by atoms with Gasteiger partial charge in [0.15, 0.2) is 0 Å². The summed E-state index contributed by atoms with van der Waals surface area (Å²) in [6.07, 6.45) is 0. The fraction of sp³-hybridized carbons (Fsp3) is 0. The van der Waals surface area contributed by atoms with Crippen LogP contribution in [0.3, 0.4) is 0 Å². The van der Waals surface area contributed by atoms with E-state index in [2.05, 4.69) is 0 Å². The molecule has 0 bridgehead atoms. The maximum absolute atomic E-state index is 0. The summed E-state index contributed by atoms with van der Waals surface area (Å²) in [6, 6.07) is 0. The molecule has 0 unspecified atom stereocenters. The summed E-state index contributed by atoms with van der Waals surface area (Å²) in [5.74, 6) is 0. The molecule has 4 radical (unpaired) electrons. The van der Waals surface area contributed by atoms with E-state index in [4.69, 9.17) is 0 Å². The molecule has 0 nitrogen and oxygen atoms in total. The van der Waals surface area contributed by atoms with Crippen molar-refractivity contribution in [2.45, 2.75) is 0 Å². The van der Waals surface area contributed by atoms with Crippen LogP contribution in [0.2, 0.25) is 0 Å². The van der Waals surface area contributed by atoms with Gasteiger partial charge in [0.1, 0.15) is 0 Å². The predicted molar refractivity (Wildman–Crippen MR) is 5.75 cm³/mol. The zero-order valence-corrected chi connectivity index (χ0v) is 6.14. The van der Waals surface area contributed by atoms with Crippen LogP contribution in [0.1, 0.15) is 0 Å². The van der Waals surface area contributed by atoms with E-state index in [0.29, 0.717) is 0 Å². The Morgan fingerprint density at radius 1 is 1.00 bits per heavy atom. The van der Waals surface area contributed by atoms with E-state index in [9.17, 15) is 0 Å². The predicted octanol–water partition coefficient (Wildman–Crippen LogP) is -0.388. The fourth-order valence-electron chi connectivity index (χ4n) is 0. The molecule has 0 heterocycles. The quantitative estimate of drug-likeness (QED) is 0.484. The van der Waals surface area contributed by atoms with E-state index in [1.54, 1.807) is 0 Å². The van der Waals surface area contributed by atoms with Crippen molar-refractivity contribution in [2.75, 3.05) is 0 Å². The van der Waals surface area contributed by atoms with Crippen molar-refractivity contribution >= 4 is 8.41 Å². The Morgan fingerprint density at radius 2 is 1.00 bits per heavy atom. The van der Waals surface area contributed by atoms with E-state index in [1.165, 1.54) is 0 Å². The normalized spacial score (nSPS) is 0. The van der Waals surface area contributed by atoms with Crippen LogP contribution in [0.5, 0.6) is 0 Å². The fourth-order valence-corrected chi connectivity index (χ4v) is 0. The van der Waals surface area contributed by atoms with Gasteiger partial charge in [-0.2, -0.15) is 0 Å². The molecular weight excluding hydrogens is 216 g/mol. The van der Waals surface area contributed by atoms with Crippen LogP contribution in [-0.2, 0) is 56.1 Å². The smallest absolute Gasteiger partial charge is 0 e. The molecule has 0 rings (SSSR count). The second kappa shape index (κ2) is 21.1. The van der Waals surface area contributed by atoms with Gasteiger partial charge in [0, 0.05) is 64.5 Å². The summed E-state index contributed by atoms with van der Waals surface area (Å²) < 4.78 is 0. The maximum Gasteiger partial charge on any atom is 0 e. The van der Waals surface area contributed by atoms with Crippen molar-refractivity contribution in [1.82, 2.24) is 0 Å². The first-order valence-corrected chi connectivity index (χ1v) is 0. The number of rotatable bonds is 0. The molecule has 4 heteroatoms. The van der Waals surface area contributed by atoms with Crippen LogP contribution >= 0.6 is 0 Å². The van der Waals surface area contributed by atoms with Gasteiger partial charge in [0.05, 0.1) is 0 Å². The molecule has 0 spiro atoms. The van der Waals surface area contributed by atoms with E-state index in [0.717, 1.165) is 0 Å². The van der Waals surface area contributed by atoms with E-state index in [-0.39, 0.29) is 64.5 Å². The minimum absolute atomic E-state index is 0.